The van der Waals surface area contributed by atoms with Crippen molar-refractivity contribution >= 4 is 5.65 Å². The lowest BCUT2D eigenvalue weighted by Gasteiger charge is -2.42. The highest BCUT2D eigenvalue weighted by Gasteiger charge is 2.32. The molecule has 0 spiro atoms. The van der Waals surface area contributed by atoms with Crippen molar-refractivity contribution < 1.29 is 9.50 Å². The van der Waals surface area contributed by atoms with Crippen molar-refractivity contribution in [3.05, 3.63) is 84.5 Å². The molecule has 37 heavy (non-hydrogen) atoms. The average Bonchev–Trinajstić information content (AvgIpc) is 3.51. The molecule has 6 rings (SSSR count). The largest absolute Gasteiger partial charge is 0.507 e. The molecule has 1 saturated heterocycles. The van der Waals surface area contributed by atoms with Crippen LogP contribution in [0.5, 0.6) is 5.75 Å². The zero-order valence-corrected chi connectivity index (χ0v) is 20.8. The Bertz CT molecular complexity index is 1540. The summed E-state index contributed by atoms with van der Waals surface area (Å²) >= 11 is 0. The summed E-state index contributed by atoms with van der Waals surface area (Å²) < 4.78 is 18.2. The first-order chi connectivity index (χ1) is 17.9. The van der Waals surface area contributed by atoms with E-state index in [-0.39, 0.29) is 11.4 Å². The van der Waals surface area contributed by atoms with Crippen molar-refractivity contribution in [2.45, 2.75) is 38.8 Å². The van der Waals surface area contributed by atoms with Crippen molar-refractivity contribution in [1.29, 1.82) is 0 Å². The molecular weight excluding hydrogens is 469 g/mol. The van der Waals surface area contributed by atoms with E-state index >= 15 is 0 Å². The van der Waals surface area contributed by atoms with Gasteiger partial charge in [-0.25, -0.2) is 9.37 Å². The fourth-order valence-electron chi connectivity index (χ4n) is 4.96. The number of phenols is 1. The molecule has 5 aromatic rings. The highest BCUT2D eigenvalue weighted by Crippen LogP contribution is 2.34. The lowest BCUT2D eigenvalue weighted by molar-refractivity contribution is 0.0902. The van der Waals surface area contributed by atoms with E-state index in [0.29, 0.717) is 34.3 Å². The summed E-state index contributed by atoms with van der Waals surface area (Å²) in [7, 11) is 0. The van der Waals surface area contributed by atoms with Gasteiger partial charge in [0.05, 0.1) is 17.1 Å². The number of nitrogens with zero attached hydrogens (tertiary/aromatic N) is 7. The summed E-state index contributed by atoms with van der Waals surface area (Å²) in [5.74, 6) is 0.0291. The molecule has 0 amide bonds. The Hall–Kier alpha value is -4.11. The third-order valence-corrected chi connectivity index (χ3v) is 7.21. The minimum Gasteiger partial charge on any atom is -0.507 e. The fourth-order valence-corrected chi connectivity index (χ4v) is 4.96. The van der Waals surface area contributed by atoms with Crippen LogP contribution in [0.25, 0.3) is 28.0 Å². The van der Waals surface area contributed by atoms with Crippen LogP contribution < -0.4 is 0 Å². The monoisotopic (exact) mass is 497 g/mol. The van der Waals surface area contributed by atoms with E-state index in [1.54, 1.807) is 22.7 Å². The van der Waals surface area contributed by atoms with Crippen LogP contribution >= 0.6 is 0 Å². The van der Waals surface area contributed by atoms with E-state index in [0.717, 1.165) is 37.4 Å². The Balaban J connectivity index is 1.12. The molecular formula is C28H28FN7O. The molecule has 1 atom stereocenters. The Morgan fingerprint density at radius 1 is 1.08 bits per heavy atom. The number of halogens is 1. The fraction of sp³-hybridized carbons (Fsp3) is 0.286. The van der Waals surface area contributed by atoms with Crippen LogP contribution in [0, 0.1) is 12.7 Å². The summed E-state index contributed by atoms with van der Waals surface area (Å²) in [6.07, 6.45) is 8.44. The Kier molecular flexibility index (Phi) is 5.92. The number of aromatic nitrogens is 6. The first-order valence-electron chi connectivity index (χ1n) is 12.5. The number of aromatic hydroxyl groups is 1. The van der Waals surface area contributed by atoms with Crippen LogP contribution in [0.2, 0.25) is 0 Å². The van der Waals surface area contributed by atoms with Crippen LogP contribution in [0.15, 0.2) is 67.3 Å². The standard InChI is InChI=1S/C28H28FN7O/c1-18-14-35-15-21(12-24(29)28(35)31-18)20-4-5-23(27(37)13-20)26-7-6-25(32-33-26)22-16-34(17-22)19(2)8-11-36-10-3-9-30-36/h3-7,9-10,12-15,19,22,37H,8,11,16-17H2,1-2H3. The van der Waals surface area contributed by atoms with E-state index in [1.165, 1.54) is 6.07 Å². The predicted molar refractivity (Wildman–Crippen MR) is 139 cm³/mol. The third kappa shape index (κ3) is 4.58. The van der Waals surface area contributed by atoms with Crippen LogP contribution in [-0.4, -0.2) is 58.5 Å². The second-order valence-corrected chi connectivity index (χ2v) is 9.82. The Morgan fingerprint density at radius 3 is 2.68 bits per heavy atom. The third-order valence-electron chi connectivity index (χ3n) is 7.21. The average molecular weight is 498 g/mol. The molecule has 1 aliphatic heterocycles. The topological polar surface area (TPSA) is 84.4 Å². The van der Waals surface area contributed by atoms with Gasteiger partial charge >= 0.3 is 0 Å². The SMILES string of the molecule is Cc1cn2cc(-c3ccc(-c4ccc(C5CN(C(C)CCn6cccn6)C5)nn4)c(O)c3)cc(F)c2n1. The Morgan fingerprint density at radius 2 is 1.95 bits per heavy atom. The van der Waals surface area contributed by atoms with Gasteiger partial charge in [-0.3, -0.25) is 9.58 Å². The quantitative estimate of drug-likeness (QED) is 0.351. The lowest BCUT2D eigenvalue weighted by Crippen LogP contribution is -2.50. The molecule has 0 bridgehead atoms. The second kappa shape index (κ2) is 9.40. The smallest absolute Gasteiger partial charge is 0.173 e. The molecule has 9 heteroatoms. The van der Waals surface area contributed by atoms with E-state index < -0.39 is 5.82 Å². The lowest BCUT2D eigenvalue weighted by atomic mass is 9.93. The van der Waals surface area contributed by atoms with E-state index in [4.69, 9.17) is 0 Å². The van der Waals surface area contributed by atoms with Crippen molar-refractivity contribution in [2.24, 2.45) is 0 Å². The van der Waals surface area contributed by atoms with Gasteiger partial charge in [0.25, 0.3) is 0 Å². The van der Waals surface area contributed by atoms with Crippen molar-refractivity contribution in [1.82, 2.24) is 34.3 Å². The number of hydrogen-bond acceptors (Lipinski definition) is 6. The molecule has 188 valence electrons. The maximum atomic E-state index is 14.5. The number of imidazole rings is 1. The highest BCUT2D eigenvalue weighted by atomic mass is 19.1. The normalized spacial score (nSPS) is 15.2. The van der Waals surface area contributed by atoms with Gasteiger partial charge in [0.15, 0.2) is 11.5 Å². The minimum atomic E-state index is -0.405. The van der Waals surface area contributed by atoms with Gasteiger partial charge in [-0.2, -0.15) is 15.3 Å². The molecule has 0 aliphatic carbocycles. The molecule has 5 heterocycles. The molecule has 1 aliphatic rings. The van der Waals surface area contributed by atoms with Crippen LogP contribution in [-0.2, 0) is 6.54 Å². The number of hydrogen-bond donors (Lipinski definition) is 1. The summed E-state index contributed by atoms with van der Waals surface area (Å²) in [5, 5.41) is 23.9. The number of pyridine rings is 1. The maximum absolute atomic E-state index is 14.5. The van der Waals surface area contributed by atoms with Crippen LogP contribution in [0.4, 0.5) is 4.39 Å². The summed E-state index contributed by atoms with van der Waals surface area (Å²) in [5.41, 5.74) is 4.54. The first kappa shape index (κ1) is 23.3. The van der Waals surface area contributed by atoms with Crippen LogP contribution in [0.1, 0.15) is 30.7 Å². The summed E-state index contributed by atoms with van der Waals surface area (Å²) in [6.45, 7) is 6.92. The van der Waals surface area contributed by atoms with Gasteiger partial charge in [0.2, 0.25) is 0 Å². The summed E-state index contributed by atoms with van der Waals surface area (Å²) in [4.78, 5) is 6.65. The van der Waals surface area contributed by atoms with Crippen LogP contribution in [0.3, 0.4) is 0 Å². The number of aryl methyl sites for hydroxylation is 2. The molecule has 1 aromatic carbocycles. The molecule has 4 aromatic heterocycles. The van der Waals surface area contributed by atoms with Gasteiger partial charge in [-0.05, 0) is 62.2 Å². The van der Waals surface area contributed by atoms with E-state index in [1.807, 2.05) is 54.5 Å². The zero-order chi connectivity index (χ0) is 25.5. The predicted octanol–water partition coefficient (Wildman–Crippen LogP) is 4.69. The van der Waals surface area contributed by atoms with Gasteiger partial charge in [0, 0.05) is 67.5 Å². The number of rotatable bonds is 7. The van der Waals surface area contributed by atoms with Crippen molar-refractivity contribution in [2.75, 3.05) is 13.1 Å². The van der Waals surface area contributed by atoms with Crippen molar-refractivity contribution in [3.63, 3.8) is 0 Å². The Labute approximate surface area is 214 Å². The van der Waals surface area contributed by atoms with E-state index in [9.17, 15) is 9.50 Å². The van der Waals surface area contributed by atoms with Gasteiger partial charge in [-0.15, -0.1) is 0 Å². The molecule has 0 saturated carbocycles. The van der Waals surface area contributed by atoms with Gasteiger partial charge in [-0.1, -0.05) is 6.07 Å². The zero-order valence-electron chi connectivity index (χ0n) is 20.8. The van der Waals surface area contributed by atoms with Gasteiger partial charge < -0.3 is 9.51 Å². The van der Waals surface area contributed by atoms with Crippen molar-refractivity contribution in [3.8, 4) is 28.1 Å². The molecule has 1 N–H and O–H groups in total. The summed E-state index contributed by atoms with van der Waals surface area (Å²) in [6, 6.07) is 13.0. The van der Waals surface area contributed by atoms with Gasteiger partial charge in [0.1, 0.15) is 5.75 Å². The number of fused-ring (bicyclic) bond motifs is 1. The molecule has 8 nitrogen and oxygen atoms in total. The van der Waals surface area contributed by atoms with E-state index in [2.05, 4.69) is 32.1 Å². The number of phenolic OH excluding ortho intramolecular Hbond substituents is 1. The second-order valence-electron chi connectivity index (χ2n) is 9.82. The minimum absolute atomic E-state index is 0.0719. The number of benzene rings is 1. The number of likely N-dealkylation sites (tertiary alicyclic amines) is 1. The highest BCUT2D eigenvalue weighted by molar-refractivity contribution is 5.74. The molecule has 1 unspecified atom stereocenters. The first-order valence-corrected chi connectivity index (χ1v) is 12.5. The molecule has 0 radical (unpaired) electrons. The maximum Gasteiger partial charge on any atom is 0.173 e. The molecule has 1 fully saturated rings.